The van der Waals surface area contributed by atoms with E-state index in [9.17, 15) is 13.2 Å². The summed E-state index contributed by atoms with van der Waals surface area (Å²) in [5, 5.41) is 7.81. The van der Waals surface area contributed by atoms with Crippen molar-refractivity contribution in [1.82, 2.24) is 0 Å². The number of hydrogen-bond donors (Lipinski definition) is 1. The summed E-state index contributed by atoms with van der Waals surface area (Å²) in [6, 6.07) is 6.51. The van der Waals surface area contributed by atoms with Gasteiger partial charge in [-0.1, -0.05) is 45.7 Å². The molecule has 1 aromatic rings. The van der Waals surface area contributed by atoms with E-state index in [1.807, 2.05) is 20.8 Å². The zero-order valence-corrected chi connectivity index (χ0v) is 13.0. The quantitative estimate of drug-likeness (QED) is 0.839. The number of carboxylic acids is 1. The molecular formula is C15H22O4S. The maximum absolute atomic E-state index is 12.4. The molecule has 5 heteroatoms. The molecule has 0 radical (unpaired) electrons. The second-order valence-electron chi connectivity index (χ2n) is 5.24. The van der Waals surface area contributed by atoms with Crippen molar-refractivity contribution in [2.75, 3.05) is 0 Å². The first-order valence-electron chi connectivity index (χ1n) is 6.87. The number of carbonyl (C=O) groups is 1. The molecule has 1 aromatic carbocycles. The highest BCUT2D eigenvalue weighted by atomic mass is 32.2. The molecule has 0 aromatic heterocycles. The van der Waals surface area contributed by atoms with Gasteiger partial charge in [0.2, 0.25) is 0 Å². The van der Waals surface area contributed by atoms with Gasteiger partial charge in [-0.15, -0.1) is 0 Å². The van der Waals surface area contributed by atoms with Gasteiger partial charge in [0.15, 0.2) is 15.1 Å². The standard InChI is InChI=1S/C15H22O4S/c1-4-5-6-14(15(16)17)20(18,19)13-9-7-12(8-10-13)11(2)3/h7-11,14H,4-6H2,1-3H3,(H,16,17). The van der Waals surface area contributed by atoms with Gasteiger partial charge >= 0.3 is 5.97 Å². The van der Waals surface area contributed by atoms with Crippen LogP contribution in [-0.4, -0.2) is 24.7 Å². The molecule has 1 unspecified atom stereocenters. The summed E-state index contributed by atoms with van der Waals surface area (Å²) in [7, 11) is -3.81. The van der Waals surface area contributed by atoms with Crippen molar-refractivity contribution in [2.24, 2.45) is 0 Å². The Morgan fingerprint density at radius 3 is 2.15 bits per heavy atom. The maximum Gasteiger partial charge on any atom is 0.322 e. The summed E-state index contributed by atoms with van der Waals surface area (Å²) in [5.74, 6) is -0.964. The number of carboxylic acid groups (broad SMARTS) is 1. The van der Waals surface area contributed by atoms with E-state index >= 15 is 0 Å². The molecule has 0 aliphatic heterocycles. The third kappa shape index (κ3) is 3.82. The van der Waals surface area contributed by atoms with Crippen molar-refractivity contribution >= 4 is 15.8 Å². The summed E-state index contributed by atoms with van der Waals surface area (Å²) in [4.78, 5) is 11.3. The minimum atomic E-state index is -3.81. The van der Waals surface area contributed by atoms with Crippen LogP contribution in [0.25, 0.3) is 0 Å². The molecule has 0 bridgehead atoms. The van der Waals surface area contributed by atoms with Gasteiger partial charge in [-0.05, 0) is 30.0 Å². The van der Waals surface area contributed by atoms with Crippen LogP contribution >= 0.6 is 0 Å². The van der Waals surface area contributed by atoms with Crippen LogP contribution in [0.1, 0.15) is 51.5 Å². The molecule has 0 saturated carbocycles. The highest BCUT2D eigenvalue weighted by Gasteiger charge is 2.33. The monoisotopic (exact) mass is 298 g/mol. The highest BCUT2D eigenvalue weighted by Crippen LogP contribution is 2.23. The first-order valence-corrected chi connectivity index (χ1v) is 8.42. The topological polar surface area (TPSA) is 71.4 Å². The zero-order valence-electron chi connectivity index (χ0n) is 12.2. The Balaban J connectivity index is 3.09. The zero-order chi connectivity index (χ0) is 15.3. The molecular weight excluding hydrogens is 276 g/mol. The van der Waals surface area contributed by atoms with E-state index in [-0.39, 0.29) is 11.3 Å². The van der Waals surface area contributed by atoms with E-state index in [0.717, 1.165) is 12.0 Å². The fourth-order valence-corrected chi connectivity index (χ4v) is 3.59. The van der Waals surface area contributed by atoms with E-state index in [0.29, 0.717) is 12.3 Å². The molecule has 0 fully saturated rings. The van der Waals surface area contributed by atoms with Crippen LogP contribution in [0.2, 0.25) is 0 Å². The molecule has 112 valence electrons. The van der Waals surface area contributed by atoms with E-state index in [1.165, 1.54) is 12.1 Å². The lowest BCUT2D eigenvalue weighted by atomic mass is 10.0. The van der Waals surface area contributed by atoms with Crippen LogP contribution in [0.4, 0.5) is 0 Å². The van der Waals surface area contributed by atoms with E-state index in [2.05, 4.69) is 0 Å². The van der Waals surface area contributed by atoms with Gasteiger partial charge in [-0.25, -0.2) is 8.42 Å². The van der Waals surface area contributed by atoms with Gasteiger partial charge in [0.05, 0.1) is 4.90 Å². The van der Waals surface area contributed by atoms with Crippen LogP contribution in [-0.2, 0) is 14.6 Å². The van der Waals surface area contributed by atoms with Crippen molar-refractivity contribution in [1.29, 1.82) is 0 Å². The molecule has 1 rings (SSSR count). The fourth-order valence-electron chi connectivity index (χ4n) is 2.01. The Bertz CT molecular complexity index is 544. The van der Waals surface area contributed by atoms with Gasteiger partial charge in [-0.3, -0.25) is 4.79 Å². The molecule has 0 saturated heterocycles. The Morgan fingerprint density at radius 2 is 1.75 bits per heavy atom. The minimum absolute atomic E-state index is 0.0883. The summed E-state index contributed by atoms with van der Waals surface area (Å²) in [6.45, 7) is 5.94. The Hall–Kier alpha value is -1.36. The number of unbranched alkanes of at least 4 members (excludes halogenated alkanes) is 1. The normalized spacial score (nSPS) is 13.4. The van der Waals surface area contributed by atoms with Crippen molar-refractivity contribution in [3.05, 3.63) is 29.8 Å². The average molecular weight is 298 g/mol. The van der Waals surface area contributed by atoms with Gasteiger partial charge in [0, 0.05) is 0 Å². The van der Waals surface area contributed by atoms with E-state index in [1.54, 1.807) is 12.1 Å². The predicted molar refractivity (Wildman–Crippen MR) is 78.7 cm³/mol. The smallest absolute Gasteiger partial charge is 0.322 e. The Labute approximate surface area is 120 Å². The summed E-state index contributed by atoms with van der Waals surface area (Å²) in [5.41, 5.74) is 1.03. The molecule has 0 aliphatic carbocycles. The predicted octanol–water partition coefficient (Wildman–Crippen LogP) is 3.23. The molecule has 1 N–H and O–H groups in total. The van der Waals surface area contributed by atoms with Gasteiger partial charge in [-0.2, -0.15) is 0 Å². The number of sulfone groups is 1. The third-order valence-electron chi connectivity index (χ3n) is 3.35. The lowest BCUT2D eigenvalue weighted by molar-refractivity contribution is -0.136. The first kappa shape index (κ1) is 16.7. The minimum Gasteiger partial charge on any atom is -0.480 e. The number of benzene rings is 1. The SMILES string of the molecule is CCCCC(C(=O)O)S(=O)(=O)c1ccc(C(C)C)cc1. The maximum atomic E-state index is 12.4. The summed E-state index contributed by atoms with van der Waals surface area (Å²) < 4.78 is 24.8. The molecule has 0 spiro atoms. The van der Waals surface area contributed by atoms with Gasteiger partial charge in [0.25, 0.3) is 0 Å². The van der Waals surface area contributed by atoms with Crippen LogP contribution in [0.15, 0.2) is 29.2 Å². The molecule has 0 amide bonds. The van der Waals surface area contributed by atoms with Crippen LogP contribution in [0.3, 0.4) is 0 Å². The van der Waals surface area contributed by atoms with Gasteiger partial charge in [0.1, 0.15) is 0 Å². The van der Waals surface area contributed by atoms with Crippen LogP contribution < -0.4 is 0 Å². The van der Waals surface area contributed by atoms with Crippen molar-refractivity contribution in [3.8, 4) is 0 Å². The van der Waals surface area contributed by atoms with Crippen molar-refractivity contribution in [3.63, 3.8) is 0 Å². The van der Waals surface area contributed by atoms with Crippen molar-refractivity contribution < 1.29 is 18.3 Å². The lowest BCUT2D eigenvalue weighted by Gasteiger charge is -2.14. The van der Waals surface area contributed by atoms with E-state index in [4.69, 9.17) is 5.11 Å². The third-order valence-corrected chi connectivity index (χ3v) is 5.46. The van der Waals surface area contributed by atoms with Crippen LogP contribution in [0.5, 0.6) is 0 Å². The molecule has 0 aliphatic rings. The lowest BCUT2D eigenvalue weighted by Crippen LogP contribution is -2.30. The number of rotatable bonds is 7. The highest BCUT2D eigenvalue weighted by molar-refractivity contribution is 7.92. The number of hydrogen-bond acceptors (Lipinski definition) is 3. The van der Waals surface area contributed by atoms with E-state index < -0.39 is 21.1 Å². The van der Waals surface area contributed by atoms with Crippen LogP contribution in [0, 0.1) is 0 Å². The fraction of sp³-hybridized carbons (Fsp3) is 0.533. The molecule has 0 heterocycles. The van der Waals surface area contributed by atoms with Gasteiger partial charge < -0.3 is 5.11 Å². The Kier molecular flexibility index (Phi) is 5.74. The second-order valence-corrected chi connectivity index (χ2v) is 7.37. The summed E-state index contributed by atoms with van der Waals surface area (Å²) >= 11 is 0. The van der Waals surface area contributed by atoms with Crippen molar-refractivity contribution in [2.45, 2.75) is 56.1 Å². The first-order chi connectivity index (χ1) is 9.30. The largest absolute Gasteiger partial charge is 0.480 e. The molecule has 20 heavy (non-hydrogen) atoms. The second kappa shape index (κ2) is 6.88. The molecule has 4 nitrogen and oxygen atoms in total. The number of aliphatic carboxylic acids is 1. The molecule has 1 atom stereocenters. The summed E-state index contributed by atoms with van der Waals surface area (Å²) in [6.07, 6.45) is 1.51. The average Bonchev–Trinajstić information content (AvgIpc) is 2.38. The Morgan fingerprint density at radius 1 is 1.20 bits per heavy atom.